The van der Waals surface area contributed by atoms with E-state index in [4.69, 9.17) is 0 Å². The van der Waals surface area contributed by atoms with Gasteiger partial charge in [0.05, 0.1) is 16.9 Å². The van der Waals surface area contributed by atoms with Crippen LogP contribution in [0.25, 0.3) is 11.3 Å². The van der Waals surface area contributed by atoms with Crippen LogP contribution in [-0.2, 0) is 16.6 Å². The van der Waals surface area contributed by atoms with E-state index in [-0.39, 0.29) is 23.5 Å². The van der Waals surface area contributed by atoms with Crippen LogP contribution in [0, 0.1) is 13.8 Å². The monoisotopic (exact) mass is 383 g/mol. The van der Waals surface area contributed by atoms with E-state index in [0.29, 0.717) is 5.69 Å². The van der Waals surface area contributed by atoms with E-state index in [0.717, 1.165) is 16.7 Å². The lowest BCUT2D eigenvalue weighted by atomic mass is 10.1. The molecular weight excluding hydrogens is 362 g/mol. The van der Waals surface area contributed by atoms with Crippen LogP contribution in [0.2, 0.25) is 0 Å². The van der Waals surface area contributed by atoms with Crippen LogP contribution in [0.3, 0.4) is 0 Å². The quantitative estimate of drug-likeness (QED) is 0.709. The first kappa shape index (κ1) is 19.0. The molecule has 0 bridgehead atoms. The second-order valence-corrected chi connectivity index (χ2v) is 8.08. The Morgan fingerprint density at radius 2 is 1.74 bits per heavy atom. The number of aryl methyl sites for hydroxylation is 2. The third-order valence-corrected chi connectivity index (χ3v) is 5.84. The molecule has 1 N–H and O–H groups in total. The lowest BCUT2D eigenvalue weighted by molar-refractivity contribution is 0.569. The summed E-state index contributed by atoms with van der Waals surface area (Å²) in [6.45, 7) is 4.10. The Kier molecular flexibility index (Phi) is 5.53. The Labute approximate surface area is 158 Å². The van der Waals surface area contributed by atoms with Gasteiger partial charge in [-0.1, -0.05) is 36.4 Å². The van der Waals surface area contributed by atoms with Crippen LogP contribution in [-0.4, -0.2) is 24.5 Å². The van der Waals surface area contributed by atoms with Crippen molar-refractivity contribution in [3.8, 4) is 11.3 Å². The molecule has 6 nitrogen and oxygen atoms in total. The number of hydrogen-bond donors (Lipinski definition) is 1. The highest BCUT2D eigenvalue weighted by atomic mass is 32.2. The third-order valence-electron chi connectivity index (χ3n) is 4.38. The summed E-state index contributed by atoms with van der Waals surface area (Å²) in [6, 6.07) is 15.9. The Morgan fingerprint density at radius 3 is 2.41 bits per heavy atom. The zero-order chi connectivity index (χ0) is 19.4. The van der Waals surface area contributed by atoms with E-state index >= 15 is 0 Å². The fourth-order valence-corrected chi connectivity index (χ4v) is 3.73. The smallest absolute Gasteiger partial charge is 0.253 e. The fraction of sp³-hybridized carbons (Fsp3) is 0.200. The van der Waals surface area contributed by atoms with Crippen molar-refractivity contribution in [2.24, 2.45) is 0 Å². The van der Waals surface area contributed by atoms with E-state index in [9.17, 15) is 13.2 Å². The van der Waals surface area contributed by atoms with Gasteiger partial charge in [-0.25, -0.2) is 18.1 Å². The van der Waals surface area contributed by atoms with Gasteiger partial charge in [0.25, 0.3) is 5.56 Å². The van der Waals surface area contributed by atoms with Crippen LogP contribution >= 0.6 is 0 Å². The zero-order valence-electron chi connectivity index (χ0n) is 15.2. The van der Waals surface area contributed by atoms with E-state index in [1.165, 1.54) is 17.0 Å². The molecule has 3 rings (SSSR count). The third kappa shape index (κ3) is 4.50. The van der Waals surface area contributed by atoms with Gasteiger partial charge < -0.3 is 0 Å². The second-order valence-electron chi connectivity index (χ2n) is 6.32. The van der Waals surface area contributed by atoms with Gasteiger partial charge in [0.2, 0.25) is 10.0 Å². The predicted octanol–water partition coefficient (Wildman–Crippen LogP) is 2.51. The zero-order valence-corrected chi connectivity index (χ0v) is 16.0. The normalized spacial score (nSPS) is 11.5. The molecule has 0 radical (unpaired) electrons. The van der Waals surface area contributed by atoms with Crippen molar-refractivity contribution in [2.45, 2.75) is 25.3 Å². The summed E-state index contributed by atoms with van der Waals surface area (Å²) in [7, 11) is -3.62. The first-order valence-corrected chi connectivity index (χ1v) is 10.0. The Hall–Kier alpha value is -2.77. The van der Waals surface area contributed by atoms with Gasteiger partial charge >= 0.3 is 0 Å². The summed E-state index contributed by atoms with van der Waals surface area (Å²) < 4.78 is 28.7. The molecule has 0 amide bonds. The van der Waals surface area contributed by atoms with Crippen molar-refractivity contribution in [3.05, 3.63) is 82.4 Å². The van der Waals surface area contributed by atoms with Gasteiger partial charge in [-0.05, 0) is 37.1 Å². The number of aromatic nitrogens is 2. The molecule has 0 aliphatic carbocycles. The Bertz CT molecular complexity index is 1110. The molecule has 0 fully saturated rings. The summed E-state index contributed by atoms with van der Waals surface area (Å²) in [5.41, 5.74) is 3.17. The fourth-order valence-electron chi connectivity index (χ4n) is 2.63. The van der Waals surface area contributed by atoms with Crippen LogP contribution in [0.15, 0.2) is 70.6 Å². The number of benzene rings is 2. The van der Waals surface area contributed by atoms with Gasteiger partial charge in [0.15, 0.2) is 0 Å². The molecule has 0 atom stereocenters. The van der Waals surface area contributed by atoms with E-state index in [1.807, 2.05) is 44.2 Å². The molecule has 0 aliphatic heterocycles. The highest BCUT2D eigenvalue weighted by Gasteiger charge is 2.14. The van der Waals surface area contributed by atoms with Gasteiger partial charge in [0, 0.05) is 24.7 Å². The summed E-state index contributed by atoms with van der Waals surface area (Å²) in [6.07, 6.45) is 1.44. The lowest BCUT2D eigenvalue weighted by Gasteiger charge is -2.10. The lowest BCUT2D eigenvalue weighted by Crippen LogP contribution is -2.31. The number of nitrogens with one attached hydrogen (secondary N) is 1. The molecular formula is C20H21N3O3S. The van der Waals surface area contributed by atoms with Gasteiger partial charge in [-0.2, -0.15) is 0 Å². The van der Waals surface area contributed by atoms with Crippen molar-refractivity contribution in [2.75, 3.05) is 6.54 Å². The molecule has 0 saturated carbocycles. The number of rotatable bonds is 6. The number of nitrogens with zero attached hydrogens (tertiary/aromatic N) is 2. The van der Waals surface area contributed by atoms with Crippen LogP contribution < -0.4 is 10.3 Å². The first-order valence-electron chi connectivity index (χ1n) is 8.56. The molecule has 7 heteroatoms. The van der Waals surface area contributed by atoms with E-state index in [2.05, 4.69) is 9.71 Å². The van der Waals surface area contributed by atoms with Gasteiger partial charge in [-0.3, -0.25) is 9.36 Å². The largest absolute Gasteiger partial charge is 0.298 e. The highest BCUT2D eigenvalue weighted by Crippen LogP contribution is 2.15. The van der Waals surface area contributed by atoms with Crippen molar-refractivity contribution >= 4 is 10.0 Å². The van der Waals surface area contributed by atoms with Crippen molar-refractivity contribution in [1.29, 1.82) is 0 Å². The molecule has 140 valence electrons. The maximum absolute atomic E-state index is 12.4. The molecule has 2 aromatic carbocycles. The molecule has 0 unspecified atom stereocenters. The van der Waals surface area contributed by atoms with Crippen molar-refractivity contribution in [3.63, 3.8) is 0 Å². The number of hydrogen-bond acceptors (Lipinski definition) is 4. The SMILES string of the molecule is Cc1ccc(S(=O)(=O)NCCn2cnc(-c3ccccc3)cc2=O)cc1C. The molecule has 1 aromatic heterocycles. The minimum atomic E-state index is -3.62. The Balaban J connectivity index is 1.68. The summed E-state index contributed by atoms with van der Waals surface area (Å²) >= 11 is 0. The van der Waals surface area contributed by atoms with E-state index < -0.39 is 10.0 Å². The van der Waals surface area contributed by atoms with Crippen molar-refractivity contribution in [1.82, 2.24) is 14.3 Å². The number of sulfonamides is 1. The summed E-state index contributed by atoms with van der Waals surface area (Å²) in [5, 5.41) is 0. The molecule has 0 aliphatic rings. The topological polar surface area (TPSA) is 81.1 Å². The Morgan fingerprint density at radius 1 is 1.00 bits per heavy atom. The average Bonchev–Trinajstić information content (AvgIpc) is 2.66. The first-order chi connectivity index (χ1) is 12.9. The summed E-state index contributed by atoms with van der Waals surface area (Å²) in [5.74, 6) is 0. The van der Waals surface area contributed by atoms with Crippen molar-refractivity contribution < 1.29 is 8.42 Å². The van der Waals surface area contributed by atoms with E-state index in [1.54, 1.807) is 18.2 Å². The van der Waals surface area contributed by atoms with Crippen LogP contribution in [0.4, 0.5) is 0 Å². The van der Waals surface area contributed by atoms with Gasteiger partial charge in [0.1, 0.15) is 0 Å². The predicted molar refractivity (Wildman–Crippen MR) is 105 cm³/mol. The van der Waals surface area contributed by atoms with Crippen LogP contribution in [0.1, 0.15) is 11.1 Å². The maximum atomic E-state index is 12.4. The molecule has 0 spiro atoms. The molecule has 1 heterocycles. The maximum Gasteiger partial charge on any atom is 0.253 e. The minimum Gasteiger partial charge on any atom is -0.298 e. The molecule has 3 aromatic rings. The van der Waals surface area contributed by atoms with Gasteiger partial charge in [-0.15, -0.1) is 0 Å². The molecule has 27 heavy (non-hydrogen) atoms. The molecule has 0 saturated heterocycles. The average molecular weight is 383 g/mol. The minimum absolute atomic E-state index is 0.0987. The second kappa shape index (κ2) is 7.85. The van der Waals surface area contributed by atoms with Crippen LogP contribution in [0.5, 0.6) is 0 Å². The standard InChI is InChI=1S/C20H21N3O3S/c1-15-8-9-18(12-16(15)2)27(25,26)22-10-11-23-14-21-19(13-20(23)24)17-6-4-3-5-7-17/h3-9,12-14,22H,10-11H2,1-2H3. The summed E-state index contributed by atoms with van der Waals surface area (Å²) in [4.78, 5) is 16.8. The highest BCUT2D eigenvalue weighted by molar-refractivity contribution is 7.89.